The predicted molar refractivity (Wildman–Crippen MR) is 152 cm³/mol. The van der Waals surface area contributed by atoms with E-state index in [4.69, 9.17) is 0 Å². The molecule has 0 N–H and O–H groups in total. The second-order valence-electron chi connectivity index (χ2n) is 8.94. The minimum atomic E-state index is -3.15. The van der Waals surface area contributed by atoms with Crippen molar-refractivity contribution in [3.63, 3.8) is 0 Å². The van der Waals surface area contributed by atoms with Gasteiger partial charge in [-0.25, -0.2) is 0 Å². The SMILES string of the molecule is O=P(Cc1cccc(CP(=O)(c2ccccc2)c2ccccc2)[n+]1[O-])(c1ccccc1)c1ccccc1. The Balaban J connectivity index is 1.58. The first-order valence-electron chi connectivity index (χ1n) is 12.1. The van der Waals surface area contributed by atoms with Crippen LogP contribution in [0.5, 0.6) is 0 Å². The highest BCUT2D eigenvalue weighted by Gasteiger charge is 2.34. The Bertz CT molecular complexity index is 1370. The van der Waals surface area contributed by atoms with Crippen molar-refractivity contribution < 1.29 is 13.9 Å². The van der Waals surface area contributed by atoms with Gasteiger partial charge in [0.25, 0.3) is 0 Å². The third-order valence-electron chi connectivity index (χ3n) is 6.56. The first-order valence-corrected chi connectivity index (χ1v) is 15.9. The summed E-state index contributed by atoms with van der Waals surface area (Å²) < 4.78 is 30.0. The lowest BCUT2D eigenvalue weighted by atomic mass is 10.3. The largest absolute Gasteiger partial charge is 0.618 e. The van der Waals surface area contributed by atoms with Gasteiger partial charge >= 0.3 is 0 Å². The molecule has 1 heterocycles. The maximum absolute atomic E-state index is 14.6. The van der Waals surface area contributed by atoms with Crippen molar-refractivity contribution in [3.05, 3.63) is 156 Å². The van der Waals surface area contributed by atoms with Crippen molar-refractivity contribution in [1.82, 2.24) is 0 Å². The molecule has 184 valence electrons. The molecular weight excluding hydrogens is 496 g/mol. The van der Waals surface area contributed by atoms with Gasteiger partial charge in [-0.15, -0.1) is 0 Å². The highest BCUT2D eigenvalue weighted by atomic mass is 31.2. The molecule has 0 amide bonds. The zero-order chi connectivity index (χ0) is 25.7. The summed E-state index contributed by atoms with van der Waals surface area (Å²) in [5, 5.41) is 16.5. The Labute approximate surface area is 217 Å². The van der Waals surface area contributed by atoms with Crippen molar-refractivity contribution in [3.8, 4) is 0 Å². The molecule has 0 radical (unpaired) electrons. The van der Waals surface area contributed by atoms with E-state index < -0.39 is 14.3 Å². The third-order valence-corrected chi connectivity index (χ3v) is 12.6. The Morgan fingerprint density at radius 3 is 0.973 bits per heavy atom. The van der Waals surface area contributed by atoms with E-state index in [9.17, 15) is 14.3 Å². The van der Waals surface area contributed by atoms with E-state index in [2.05, 4.69) is 0 Å². The predicted octanol–water partition coefficient (Wildman–Crippen LogP) is 5.35. The van der Waals surface area contributed by atoms with Crippen LogP contribution in [0.4, 0.5) is 0 Å². The molecular formula is C31H27NO3P2. The van der Waals surface area contributed by atoms with E-state index >= 15 is 0 Å². The van der Waals surface area contributed by atoms with Gasteiger partial charge in [-0.2, -0.15) is 4.73 Å². The van der Waals surface area contributed by atoms with E-state index in [0.717, 1.165) is 4.73 Å². The summed E-state index contributed by atoms with van der Waals surface area (Å²) in [6, 6.07) is 42.5. The summed E-state index contributed by atoms with van der Waals surface area (Å²) in [4.78, 5) is 0. The average molecular weight is 524 g/mol. The Morgan fingerprint density at radius 1 is 0.432 bits per heavy atom. The van der Waals surface area contributed by atoms with Gasteiger partial charge in [0.1, 0.15) is 0 Å². The highest BCUT2D eigenvalue weighted by molar-refractivity contribution is 7.78. The van der Waals surface area contributed by atoms with Crippen LogP contribution in [-0.4, -0.2) is 0 Å². The zero-order valence-corrected chi connectivity index (χ0v) is 22.0. The van der Waals surface area contributed by atoms with Crippen LogP contribution in [0, 0.1) is 5.21 Å². The van der Waals surface area contributed by atoms with Crippen molar-refractivity contribution in [2.75, 3.05) is 0 Å². The molecule has 0 spiro atoms. The summed E-state index contributed by atoms with van der Waals surface area (Å²) >= 11 is 0. The van der Waals surface area contributed by atoms with Crippen LogP contribution in [0.3, 0.4) is 0 Å². The van der Waals surface area contributed by atoms with Gasteiger partial charge < -0.3 is 14.3 Å². The van der Waals surface area contributed by atoms with Crippen LogP contribution < -0.4 is 25.9 Å². The van der Waals surface area contributed by atoms with E-state index in [1.165, 1.54) is 0 Å². The number of aromatic nitrogens is 1. The van der Waals surface area contributed by atoms with Crippen LogP contribution in [0.25, 0.3) is 0 Å². The van der Waals surface area contributed by atoms with Gasteiger partial charge in [0.2, 0.25) is 11.4 Å². The molecule has 0 bridgehead atoms. The number of pyridine rings is 1. The van der Waals surface area contributed by atoms with Gasteiger partial charge in [-0.3, -0.25) is 0 Å². The molecule has 0 saturated heterocycles. The number of benzene rings is 4. The smallest absolute Gasteiger partial charge is 0.201 e. The molecule has 0 aliphatic carbocycles. The zero-order valence-electron chi connectivity index (χ0n) is 20.3. The fourth-order valence-electron chi connectivity index (χ4n) is 4.62. The summed E-state index contributed by atoms with van der Waals surface area (Å²) in [6.45, 7) is 0. The van der Waals surface area contributed by atoms with Gasteiger partial charge in [-0.05, 0) is 6.07 Å². The third kappa shape index (κ3) is 5.09. The van der Waals surface area contributed by atoms with Crippen LogP contribution in [0.1, 0.15) is 11.4 Å². The van der Waals surface area contributed by atoms with Gasteiger partial charge in [0.15, 0.2) is 14.3 Å². The topological polar surface area (TPSA) is 61.1 Å². The second-order valence-corrected chi connectivity index (χ2v) is 14.6. The van der Waals surface area contributed by atoms with Crippen LogP contribution in [0.15, 0.2) is 140 Å². The molecule has 0 fully saturated rings. The van der Waals surface area contributed by atoms with Crippen LogP contribution in [0.2, 0.25) is 0 Å². The normalized spacial score (nSPS) is 11.8. The average Bonchev–Trinajstić information content (AvgIpc) is 2.97. The summed E-state index contributed by atoms with van der Waals surface area (Å²) in [5.74, 6) is 0. The molecule has 6 heteroatoms. The number of hydrogen-bond acceptors (Lipinski definition) is 3. The van der Waals surface area contributed by atoms with E-state index in [-0.39, 0.29) is 12.3 Å². The molecule has 0 aliphatic heterocycles. The number of hydrogen-bond donors (Lipinski definition) is 0. The molecule has 4 nitrogen and oxygen atoms in total. The molecule has 0 unspecified atom stereocenters. The standard InChI is InChI=1S/C31H27NO3P2/c33-32-26(24-36(34,28-16-5-1-6-17-28)29-18-7-2-8-19-29)14-13-15-27(32)25-37(35,30-20-9-3-10-21-30)31-22-11-4-12-23-31/h1-23H,24-25H2. The first-order chi connectivity index (χ1) is 18.0. The van der Waals surface area contributed by atoms with E-state index in [0.29, 0.717) is 32.6 Å². The molecule has 5 aromatic rings. The first kappa shape index (κ1) is 25.0. The molecule has 0 atom stereocenters. The maximum Gasteiger partial charge on any atom is 0.201 e. The highest BCUT2D eigenvalue weighted by Crippen LogP contribution is 2.48. The van der Waals surface area contributed by atoms with Crippen molar-refractivity contribution in [2.45, 2.75) is 12.3 Å². The number of rotatable bonds is 8. The Morgan fingerprint density at radius 2 is 0.703 bits per heavy atom. The molecule has 4 aromatic carbocycles. The fourth-order valence-corrected chi connectivity index (χ4v) is 9.94. The summed E-state index contributed by atoms with van der Waals surface area (Å²) in [6.07, 6.45) is 0.138. The summed E-state index contributed by atoms with van der Waals surface area (Å²) in [7, 11) is -6.30. The minimum Gasteiger partial charge on any atom is -0.618 e. The maximum atomic E-state index is 14.6. The summed E-state index contributed by atoms with van der Waals surface area (Å²) in [5.41, 5.74) is 0.780. The monoisotopic (exact) mass is 523 g/mol. The van der Waals surface area contributed by atoms with Crippen LogP contribution >= 0.6 is 14.3 Å². The molecule has 0 saturated carbocycles. The van der Waals surface area contributed by atoms with Crippen LogP contribution in [-0.2, 0) is 21.5 Å². The quantitative estimate of drug-likeness (QED) is 0.157. The van der Waals surface area contributed by atoms with Gasteiger partial charge in [0.05, 0.1) is 12.3 Å². The van der Waals surface area contributed by atoms with Gasteiger partial charge in [-0.1, -0.05) is 121 Å². The van der Waals surface area contributed by atoms with E-state index in [1.54, 1.807) is 18.2 Å². The van der Waals surface area contributed by atoms with Gasteiger partial charge in [0, 0.05) is 33.4 Å². The Kier molecular flexibility index (Phi) is 7.24. The van der Waals surface area contributed by atoms with Crippen molar-refractivity contribution >= 4 is 35.5 Å². The van der Waals surface area contributed by atoms with E-state index in [1.807, 2.05) is 121 Å². The Hall–Kier alpha value is -3.71. The fraction of sp³-hybridized carbons (Fsp3) is 0.0645. The van der Waals surface area contributed by atoms with Crippen molar-refractivity contribution in [1.29, 1.82) is 0 Å². The lowest BCUT2D eigenvalue weighted by Crippen LogP contribution is -2.38. The molecule has 37 heavy (non-hydrogen) atoms. The molecule has 0 aliphatic rings. The van der Waals surface area contributed by atoms with Crippen molar-refractivity contribution in [2.24, 2.45) is 0 Å². The second kappa shape index (κ2) is 10.7. The number of nitrogens with zero attached hydrogens (tertiary/aromatic N) is 1. The lowest BCUT2D eigenvalue weighted by Gasteiger charge is -2.21. The minimum absolute atomic E-state index is 0.0688. The molecule has 5 rings (SSSR count). The molecule has 1 aromatic heterocycles. The lowest BCUT2D eigenvalue weighted by molar-refractivity contribution is -0.620.